The van der Waals surface area contributed by atoms with Crippen LogP contribution in [0.25, 0.3) is 0 Å². The molecule has 0 fully saturated rings. The molecule has 0 radical (unpaired) electrons. The van der Waals surface area contributed by atoms with Crippen LogP contribution in [0.2, 0.25) is 0 Å². The zero-order chi connectivity index (χ0) is 13.3. The molecule has 1 aliphatic rings. The third-order valence-electron chi connectivity index (χ3n) is 4.04. The minimum Gasteiger partial charge on any atom is -0.330 e. The van der Waals surface area contributed by atoms with E-state index in [4.69, 9.17) is 5.73 Å². The molecular formula is C15H22N2O. The van der Waals surface area contributed by atoms with E-state index in [1.807, 2.05) is 0 Å². The Labute approximate surface area is 109 Å². The summed E-state index contributed by atoms with van der Waals surface area (Å²) in [4.78, 5) is 11.9. The average molecular weight is 246 g/mol. The maximum absolute atomic E-state index is 11.9. The number of amides is 1. The van der Waals surface area contributed by atoms with Crippen molar-refractivity contribution in [3.63, 3.8) is 0 Å². The predicted octanol–water partition coefficient (Wildman–Crippen LogP) is 2.64. The second-order valence-corrected chi connectivity index (χ2v) is 5.09. The maximum atomic E-state index is 11.9. The molecule has 3 heteroatoms. The highest BCUT2D eigenvalue weighted by molar-refractivity contribution is 6.04. The molecule has 1 aromatic carbocycles. The monoisotopic (exact) mass is 246 g/mol. The van der Waals surface area contributed by atoms with Gasteiger partial charge in [-0.15, -0.1) is 0 Å². The lowest BCUT2D eigenvalue weighted by Gasteiger charge is -2.14. The molecule has 98 valence electrons. The predicted molar refractivity (Wildman–Crippen MR) is 75.0 cm³/mol. The molecule has 0 aromatic heterocycles. The number of benzene rings is 1. The third kappa shape index (κ3) is 2.03. The van der Waals surface area contributed by atoms with Crippen molar-refractivity contribution >= 4 is 11.6 Å². The van der Waals surface area contributed by atoms with Crippen LogP contribution < -0.4 is 11.1 Å². The van der Waals surface area contributed by atoms with E-state index in [-0.39, 0.29) is 11.8 Å². The van der Waals surface area contributed by atoms with Crippen LogP contribution in [0.5, 0.6) is 0 Å². The zero-order valence-electron chi connectivity index (χ0n) is 11.5. The second kappa shape index (κ2) is 5.11. The van der Waals surface area contributed by atoms with Crippen molar-refractivity contribution in [3.8, 4) is 0 Å². The first-order valence-electron chi connectivity index (χ1n) is 6.74. The Morgan fingerprint density at radius 3 is 2.67 bits per heavy atom. The van der Waals surface area contributed by atoms with Crippen LogP contribution in [0.3, 0.4) is 0 Å². The zero-order valence-corrected chi connectivity index (χ0v) is 11.5. The van der Waals surface area contributed by atoms with E-state index < -0.39 is 0 Å². The number of aryl methyl sites for hydroxylation is 1. The standard InChI is InChI=1S/C15H22N2O/c1-4-12-13-8-11(6-5-7-16)9(2)10(3)14(13)17-15(12)18/h8,12H,4-7,16H2,1-3H3,(H,17,18). The first-order chi connectivity index (χ1) is 8.60. The fourth-order valence-corrected chi connectivity index (χ4v) is 2.76. The van der Waals surface area contributed by atoms with E-state index in [0.29, 0.717) is 6.54 Å². The Morgan fingerprint density at radius 2 is 2.06 bits per heavy atom. The largest absolute Gasteiger partial charge is 0.330 e. The van der Waals surface area contributed by atoms with Crippen LogP contribution in [-0.2, 0) is 11.2 Å². The molecule has 0 bridgehead atoms. The quantitative estimate of drug-likeness (QED) is 0.858. The van der Waals surface area contributed by atoms with E-state index in [2.05, 4.69) is 32.2 Å². The molecule has 0 aliphatic carbocycles. The summed E-state index contributed by atoms with van der Waals surface area (Å²) in [5, 5.41) is 3.03. The van der Waals surface area contributed by atoms with Gasteiger partial charge in [0.05, 0.1) is 5.92 Å². The molecule has 2 rings (SSSR count). The number of nitrogens with two attached hydrogens (primary N) is 1. The first kappa shape index (κ1) is 13.1. The summed E-state index contributed by atoms with van der Waals surface area (Å²) in [5.74, 6) is 0.168. The molecule has 18 heavy (non-hydrogen) atoms. The van der Waals surface area contributed by atoms with E-state index in [0.717, 1.165) is 24.9 Å². The molecule has 1 amide bonds. The number of anilines is 1. The summed E-state index contributed by atoms with van der Waals surface area (Å²) >= 11 is 0. The minimum absolute atomic E-state index is 0.0240. The van der Waals surface area contributed by atoms with Crippen molar-refractivity contribution in [2.45, 2.75) is 46.0 Å². The molecule has 1 aliphatic heterocycles. The van der Waals surface area contributed by atoms with E-state index in [1.165, 1.54) is 22.3 Å². The minimum atomic E-state index is 0.0240. The summed E-state index contributed by atoms with van der Waals surface area (Å²) in [5.41, 5.74) is 11.6. The maximum Gasteiger partial charge on any atom is 0.232 e. The number of carbonyl (C=O) groups excluding carboxylic acids is 1. The smallest absolute Gasteiger partial charge is 0.232 e. The van der Waals surface area contributed by atoms with Crippen LogP contribution in [0.4, 0.5) is 5.69 Å². The molecular weight excluding hydrogens is 224 g/mol. The van der Waals surface area contributed by atoms with Gasteiger partial charge in [-0.3, -0.25) is 4.79 Å². The Balaban J connectivity index is 2.46. The topological polar surface area (TPSA) is 55.1 Å². The summed E-state index contributed by atoms with van der Waals surface area (Å²) in [6.07, 6.45) is 2.86. The van der Waals surface area contributed by atoms with Crippen molar-refractivity contribution < 1.29 is 4.79 Å². The summed E-state index contributed by atoms with van der Waals surface area (Å²) in [6, 6.07) is 2.21. The summed E-state index contributed by atoms with van der Waals surface area (Å²) in [7, 11) is 0. The number of carbonyl (C=O) groups is 1. The Bertz CT molecular complexity index is 480. The summed E-state index contributed by atoms with van der Waals surface area (Å²) in [6.45, 7) is 7.00. The number of rotatable bonds is 4. The second-order valence-electron chi connectivity index (χ2n) is 5.09. The van der Waals surface area contributed by atoms with Crippen molar-refractivity contribution in [1.29, 1.82) is 0 Å². The number of hydrogen-bond donors (Lipinski definition) is 2. The SMILES string of the molecule is CCC1C(=O)Nc2c1cc(CCCN)c(C)c2C. The van der Waals surface area contributed by atoms with Crippen LogP contribution >= 0.6 is 0 Å². The summed E-state index contributed by atoms with van der Waals surface area (Å²) < 4.78 is 0. The Morgan fingerprint density at radius 1 is 1.33 bits per heavy atom. The molecule has 0 saturated carbocycles. The number of nitrogens with one attached hydrogen (secondary N) is 1. The van der Waals surface area contributed by atoms with E-state index >= 15 is 0 Å². The Hall–Kier alpha value is -1.35. The highest BCUT2D eigenvalue weighted by Gasteiger charge is 2.31. The van der Waals surface area contributed by atoms with Crippen LogP contribution in [0.1, 0.15) is 47.9 Å². The van der Waals surface area contributed by atoms with Gasteiger partial charge in [-0.1, -0.05) is 13.0 Å². The van der Waals surface area contributed by atoms with Crippen molar-refractivity contribution in [2.24, 2.45) is 5.73 Å². The van der Waals surface area contributed by atoms with Gasteiger partial charge in [0.25, 0.3) is 0 Å². The number of hydrogen-bond acceptors (Lipinski definition) is 2. The fraction of sp³-hybridized carbons (Fsp3) is 0.533. The number of fused-ring (bicyclic) bond motifs is 1. The lowest BCUT2D eigenvalue weighted by Crippen LogP contribution is -2.10. The van der Waals surface area contributed by atoms with Crippen LogP contribution in [0.15, 0.2) is 6.07 Å². The van der Waals surface area contributed by atoms with E-state index in [1.54, 1.807) is 0 Å². The molecule has 1 unspecified atom stereocenters. The van der Waals surface area contributed by atoms with Gasteiger partial charge in [-0.25, -0.2) is 0 Å². The van der Waals surface area contributed by atoms with Crippen LogP contribution in [0, 0.1) is 13.8 Å². The van der Waals surface area contributed by atoms with Gasteiger partial charge in [0.15, 0.2) is 0 Å². The fourth-order valence-electron chi connectivity index (χ4n) is 2.76. The van der Waals surface area contributed by atoms with Crippen LogP contribution in [-0.4, -0.2) is 12.5 Å². The Kier molecular flexibility index (Phi) is 3.71. The van der Waals surface area contributed by atoms with Gasteiger partial charge in [-0.05, 0) is 61.9 Å². The van der Waals surface area contributed by atoms with Gasteiger partial charge >= 0.3 is 0 Å². The van der Waals surface area contributed by atoms with Gasteiger partial charge in [0.1, 0.15) is 0 Å². The third-order valence-corrected chi connectivity index (χ3v) is 4.04. The highest BCUT2D eigenvalue weighted by atomic mass is 16.2. The lowest BCUT2D eigenvalue weighted by molar-refractivity contribution is -0.117. The average Bonchev–Trinajstić information content (AvgIpc) is 2.68. The van der Waals surface area contributed by atoms with Gasteiger partial charge in [-0.2, -0.15) is 0 Å². The molecule has 3 nitrogen and oxygen atoms in total. The van der Waals surface area contributed by atoms with Crippen molar-refractivity contribution in [3.05, 3.63) is 28.3 Å². The normalized spacial score (nSPS) is 17.8. The molecule has 0 saturated heterocycles. The molecule has 1 aromatic rings. The molecule has 3 N–H and O–H groups in total. The lowest BCUT2D eigenvalue weighted by atomic mass is 9.90. The van der Waals surface area contributed by atoms with Gasteiger partial charge in [0.2, 0.25) is 5.91 Å². The highest BCUT2D eigenvalue weighted by Crippen LogP contribution is 2.39. The van der Waals surface area contributed by atoms with Crippen molar-refractivity contribution in [2.75, 3.05) is 11.9 Å². The first-order valence-corrected chi connectivity index (χ1v) is 6.74. The van der Waals surface area contributed by atoms with E-state index in [9.17, 15) is 4.79 Å². The van der Waals surface area contributed by atoms with Gasteiger partial charge in [0, 0.05) is 5.69 Å². The molecule has 0 spiro atoms. The molecule has 1 atom stereocenters. The van der Waals surface area contributed by atoms with Gasteiger partial charge < -0.3 is 11.1 Å². The van der Waals surface area contributed by atoms with Crippen molar-refractivity contribution in [1.82, 2.24) is 0 Å². The molecule has 1 heterocycles.